The van der Waals surface area contributed by atoms with Crippen LogP contribution in [-0.2, 0) is 6.42 Å². The molecular weight excluding hydrogens is 284 g/mol. The van der Waals surface area contributed by atoms with Crippen LogP contribution in [0.5, 0.6) is 0 Å². The summed E-state index contributed by atoms with van der Waals surface area (Å²) in [4.78, 5) is 16.5. The quantitative estimate of drug-likeness (QED) is 0.724. The maximum absolute atomic E-state index is 13.3. The van der Waals surface area contributed by atoms with Gasteiger partial charge in [0.25, 0.3) is 0 Å². The number of Topliss-reactive ketones (excluding diaryl/α,β-unsaturated/α-hetero) is 1. The van der Waals surface area contributed by atoms with Crippen molar-refractivity contribution in [3.63, 3.8) is 0 Å². The Morgan fingerprint density at radius 1 is 1.09 bits per heavy atom. The first-order chi connectivity index (χ1) is 11.3. The Hall–Kier alpha value is -2.39. The van der Waals surface area contributed by atoms with Crippen molar-refractivity contribution >= 4 is 16.7 Å². The van der Waals surface area contributed by atoms with E-state index in [1.807, 2.05) is 48.7 Å². The molecular formula is C20H20N2O. The van der Waals surface area contributed by atoms with Gasteiger partial charge in [-0.05, 0) is 49.2 Å². The summed E-state index contributed by atoms with van der Waals surface area (Å²) in [5.74, 6) is 0.259. The largest absolute Gasteiger partial charge is 0.361 e. The van der Waals surface area contributed by atoms with Gasteiger partial charge in [0.2, 0.25) is 0 Å². The lowest BCUT2D eigenvalue weighted by Crippen LogP contribution is -2.35. The number of nitrogens with one attached hydrogen (secondary N) is 2. The van der Waals surface area contributed by atoms with Crippen molar-refractivity contribution in [2.24, 2.45) is 5.41 Å². The summed E-state index contributed by atoms with van der Waals surface area (Å²) in [6.45, 7) is 1.66. The second-order valence-electron chi connectivity index (χ2n) is 6.48. The van der Waals surface area contributed by atoms with Crippen LogP contribution in [0.2, 0.25) is 0 Å². The molecule has 3 aromatic rings. The third-order valence-corrected chi connectivity index (χ3v) is 4.93. The number of aromatic amines is 1. The Labute approximate surface area is 135 Å². The number of H-pyrrole nitrogens is 1. The van der Waals surface area contributed by atoms with Gasteiger partial charge in [0.1, 0.15) is 0 Å². The highest BCUT2D eigenvalue weighted by Gasteiger charge is 2.41. The Kier molecular flexibility index (Phi) is 3.50. The van der Waals surface area contributed by atoms with Crippen molar-refractivity contribution in [3.05, 3.63) is 71.9 Å². The molecule has 1 aliphatic heterocycles. The van der Waals surface area contributed by atoms with Crippen LogP contribution < -0.4 is 5.32 Å². The van der Waals surface area contributed by atoms with Crippen LogP contribution in [0.4, 0.5) is 0 Å². The molecule has 2 heterocycles. The average molecular weight is 304 g/mol. The smallest absolute Gasteiger partial charge is 0.170 e. The maximum Gasteiger partial charge on any atom is 0.170 e. The van der Waals surface area contributed by atoms with Crippen LogP contribution in [0.15, 0.2) is 60.8 Å². The average Bonchev–Trinajstić information content (AvgIpc) is 3.24. The molecule has 0 unspecified atom stereocenters. The van der Waals surface area contributed by atoms with E-state index in [4.69, 9.17) is 0 Å². The summed E-state index contributed by atoms with van der Waals surface area (Å²) in [5.41, 5.74) is 2.79. The van der Waals surface area contributed by atoms with Gasteiger partial charge in [0.05, 0.1) is 5.41 Å². The van der Waals surface area contributed by atoms with Gasteiger partial charge < -0.3 is 10.3 Å². The molecule has 116 valence electrons. The SMILES string of the molecule is O=C(c1ccc2[nH]ccc2c1)[C@]1(Cc2ccccc2)CCNC1. The van der Waals surface area contributed by atoms with Gasteiger partial charge in [-0.1, -0.05) is 30.3 Å². The molecule has 1 aliphatic rings. The van der Waals surface area contributed by atoms with Crippen molar-refractivity contribution in [1.29, 1.82) is 0 Å². The molecule has 0 spiro atoms. The molecule has 4 rings (SSSR count). The fraction of sp³-hybridized carbons (Fsp3) is 0.250. The van der Waals surface area contributed by atoms with E-state index in [2.05, 4.69) is 22.4 Å². The highest BCUT2D eigenvalue weighted by molar-refractivity contribution is 6.03. The van der Waals surface area contributed by atoms with Gasteiger partial charge in [-0.3, -0.25) is 4.79 Å². The molecule has 0 amide bonds. The number of carbonyl (C=O) groups excluding carboxylic acids is 1. The zero-order chi connectivity index (χ0) is 15.7. The summed E-state index contributed by atoms with van der Waals surface area (Å²) in [7, 11) is 0. The minimum absolute atomic E-state index is 0.259. The first-order valence-electron chi connectivity index (χ1n) is 8.13. The fourth-order valence-corrected chi connectivity index (χ4v) is 3.66. The van der Waals surface area contributed by atoms with E-state index < -0.39 is 0 Å². The maximum atomic E-state index is 13.3. The van der Waals surface area contributed by atoms with E-state index in [-0.39, 0.29) is 11.2 Å². The van der Waals surface area contributed by atoms with Gasteiger partial charge >= 0.3 is 0 Å². The lowest BCUT2D eigenvalue weighted by Gasteiger charge is -2.27. The highest BCUT2D eigenvalue weighted by atomic mass is 16.1. The topological polar surface area (TPSA) is 44.9 Å². The van der Waals surface area contributed by atoms with E-state index in [0.717, 1.165) is 42.4 Å². The van der Waals surface area contributed by atoms with Crippen molar-refractivity contribution in [1.82, 2.24) is 10.3 Å². The normalized spacial score (nSPS) is 20.9. The Bertz CT molecular complexity index is 829. The molecule has 0 aliphatic carbocycles. The van der Waals surface area contributed by atoms with Crippen LogP contribution in [0.25, 0.3) is 10.9 Å². The Morgan fingerprint density at radius 2 is 1.96 bits per heavy atom. The number of benzene rings is 2. The molecule has 0 bridgehead atoms. The second kappa shape index (κ2) is 5.67. The van der Waals surface area contributed by atoms with Crippen molar-refractivity contribution in [2.45, 2.75) is 12.8 Å². The first-order valence-corrected chi connectivity index (χ1v) is 8.13. The standard InChI is InChI=1S/C20H20N2O/c23-19(17-6-7-18-16(12-17)8-10-22-18)20(9-11-21-14-20)13-15-4-2-1-3-5-15/h1-8,10,12,21-22H,9,11,13-14H2/t20-/m0/s1. The van der Waals surface area contributed by atoms with E-state index >= 15 is 0 Å². The molecule has 3 heteroatoms. The lowest BCUT2D eigenvalue weighted by molar-refractivity contribution is 0.0816. The molecule has 23 heavy (non-hydrogen) atoms. The number of hydrogen-bond acceptors (Lipinski definition) is 2. The molecule has 3 nitrogen and oxygen atoms in total. The van der Waals surface area contributed by atoms with Crippen molar-refractivity contribution in [3.8, 4) is 0 Å². The summed E-state index contributed by atoms with van der Waals surface area (Å²) in [5, 5.41) is 4.48. The summed E-state index contributed by atoms with van der Waals surface area (Å²) < 4.78 is 0. The zero-order valence-electron chi connectivity index (χ0n) is 13.0. The number of fused-ring (bicyclic) bond motifs is 1. The number of carbonyl (C=O) groups is 1. The number of aromatic nitrogens is 1. The van der Waals surface area contributed by atoms with E-state index in [0.29, 0.717) is 0 Å². The van der Waals surface area contributed by atoms with E-state index in [1.54, 1.807) is 0 Å². The predicted molar refractivity (Wildman–Crippen MR) is 92.7 cm³/mol. The monoisotopic (exact) mass is 304 g/mol. The fourth-order valence-electron chi connectivity index (χ4n) is 3.66. The Morgan fingerprint density at radius 3 is 2.74 bits per heavy atom. The molecule has 2 aromatic carbocycles. The van der Waals surface area contributed by atoms with Crippen LogP contribution in [-0.4, -0.2) is 23.9 Å². The molecule has 1 saturated heterocycles. The zero-order valence-corrected chi connectivity index (χ0v) is 13.0. The van der Waals surface area contributed by atoms with Crippen molar-refractivity contribution in [2.75, 3.05) is 13.1 Å². The predicted octanol–water partition coefficient (Wildman–Crippen LogP) is 3.57. The van der Waals surface area contributed by atoms with E-state index in [1.165, 1.54) is 5.56 Å². The van der Waals surface area contributed by atoms with Gasteiger partial charge in [-0.25, -0.2) is 0 Å². The van der Waals surface area contributed by atoms with Crippen molar-refractivity contribution < 1.29 is 4.79 Å². The number of ketones is 1. The molecule has 0 saturated carbocycles. The van der Waals surface area contributed by atoms with Crippen LogP contribution >= 0.6 is 0 Å². The second-order valence-corrected chi connectivity index (χ2v) is 6.48. The van der Waals surface area contributed by atoms with Crippen LogP contribution in [0.3, 0.4) is 0 Å². The van der Waals surface area contributed by atoms with Gasteiger partial charge in [0.15, 0.2) is 5.78 Å². The highest BCUT2D eigenvalue weighted by Crippen LogP contribution is 2.34. The van der Waals surface area contributed by atoms with Gasteiger partial charge in [0, 0.05) is 29.2 Å². The summed E-state index contributed by atoms with van der Waals surface area (Å²) in [6, 6.07) is 18.3. The van der Waals surface area contributed by atoms with Gasteiger partial charge in [-0.2, -0.15) is 0 Å². The summed E-state index contributed by atoms with van der Waals surface area (Å²) in [6.07, 6.45) is 3.60. The molecule has 1 atom stereocenters. The third kappa shape index (κ3) is 2.57. The minimum Gasteiger partial charge on any atom is -0.361 e. The third-order valence-electron chi connectivity index (χ3n) is 4.93. The lowest BCUT2D eigenvalue weighted by atomic mass is 9.74. The summed E-state index contributed by atoms with van der Waals surface area (Å²) >= 11 is 0. The number of rotatable bonds is 4. The molecule has 0 radical (unpaired) electrons. The van der Waals surface area contributed by atoms with E-state index in [9.17, 15) is 4.79 Å². The molecule has 2 N–H and O–H groups in total. The van der Waals surface area contributed by atoms with Gasteiger partial charge in [-0.15, -0.1) is 0 Å². The molecule has 1 aromatic heterocycles. The molecule has 1 fully saturated rings. The number of hydrogen-bond donors (Lipinski definition) is 2. The van der Waals surface area contributed by atoms with Crippen LogP contribution in [0.1, 0.15) is 22.3 Å². The van der Waals surface area contributed by atoms with Crippen LogP contribution in [0, 0.1) is 5.41 Å². The minimum atomic E-state index is -0.328. The Balaban J connectivity index is 1.70. The first kappa shape index (κ1) is 14.2.